The number of hydrogen-bond acceptors (Lipinski definition) is 4. The van der Waals surface area contributed by atoms with Crippen LogP contribution in [0.4, 0.5) is 0 Å². The lowest BCUT2D eigenvalue weighted by atomic mass is 9.94. The van der Waals surface area contributed by atoms with Crippen LogP contribution in [0.5, 0.6) is 0 Å². The molecule has 0 fully saturated rings. The third-order valence-electron chi connectivity index (χ3n) is 3.45. The summed E-state index contributed by atoms with van der Waals surface area (Å²) in [4.78, 5) is 14.0. The molecule has 0 saturated heterocycles. The van der Waals surface area contributed by atoms with Crippen molar-refractivity contribution in [2.24, 2.45) is 0 Å². The molecule has 1 unspecified atom stereocenters. The highest BCUT2D eigenvalue weighted by Crippen LogP contribution is 2.26. The lowest BCUT2D eigenvalue weighted by molar-refractivity contribution is 0.0923. The van der Waals surface area contributed by atoms with Crippen LogP contribution >= 0.6 is 23.1 Å². The number of benzene rings is 1. The number of hydrogen-bond donors (Lipinski definition) is 1. The number of nitriles is 1. The largest absolute Gasteiger partial charge is 0.333 e. The summed E-state index contributed by atoms with van der Waals surface area (Å²) in [6.45, 7) is 1.78. The van der Waals surface area contributed by atoms with Gasteiger partial charge in [0.15, 0.2) is 0 Å². The van der Waals surface area contributed by atoms with Crippen LogP contribution in [-0.2, 0) is 6.42 Å². The van der Waals surface area contributed by atoms with Gasteiger partial charge in [-0.2, -0.15) is 5.26 Å². The number of carbonyl (C=O) groups excluding carboxylic acids is 1. The standard InChI is InChI=1S/C17H18N2OS2/c1-17(12-18,10-8-13-6-4-3-5-7-13)19-16(20)15-14(21-2)9-11-22-15/h3-7,9,11H,8,10H2,1-2H3,(H,19,20). The van der Waals surface area contributed by atoms with Crippen molar-refractivity contribution in [2.75, 3.05) is 6.26 Å². The Hall–Kier alpha value is -1.77. The Bertz CT molecular complexity index is 675. The van der Waals surface area contributed by atoms with E-state index in [0.717, 1.165) is 11.3 Å². The van der Waals surface area contributed by atoms with Crippen molar-refractivity contribution in [1.82, 2.24) is 5.32 Å². The van der Waals surface area contributed by atoms with Crippen molar-refractivity contribution in [3.05, 3.63) is 52.2 Å². The van der Waals surface area contributed by atoms with Crippen LogP contribution in [-0.4, -0.2) is 17.7 Å². The molecule has 0 bridgehead atoms. The molecule has 0 radical (unpaired) electrons. The Morgan fingerprint density at radius 1 is 1.36 bits per heavy atom. The van der Waals surface area contributed by atoms with Crippen molar-refractivity contribution in [2.45, 2.75) is 30.2 Å². The SMILES string of the molecule is CSc1ccsc1C(=O)NC(C)(C#N)CCc1ccccc1. The lowest BCUT2D eigenvalue weighted by Crippen LogP contribution is -2.45. The molecule has 1 aromatic carbocycles. The number of amides is 1. The van der Waals surface area contributed by atoms with Gasteiger partial charge in [-0.3, -0.25) is 4.79 Å². The number of nitrogens with zero attached hydrogens (tertiary/aromatic N) is 1. The van der Waals surface area contributed by atoms with Gasteiger partial charge in [-0.25, -0.2) is 0 Å². The average molecular weight is 330 g/mol. The van der Waals surface area contributed by atoms with Crippen molar-refractivity contribution < 1.29 is 4.79 Å². The molecule has 2 aromatic rings. The van der Waals surface area contributed by atoms with E-state index >= 15 is 0 Å². The molecule has 3 nitrogen and oxygen atoms in total. The predicted octanol–water partition coefficient (Wildman–Crippen LogP) is 4.11. The molecule has 1 amide bonds. The van der Waals surface area contributed by atoms with Crippen LogP contribution in [0.2, 0.25) is 0 Å². The normalized spacial score (nSPS) is 13.1. The summed E-state index contributed by atoms with van der Waals surface area (Å²) in [6, 6.07) is 14.2. The maximum atomic E-state index is 12.4. The first-order valence-corrected chi connectivity index (χ1v) is 9.07. The Morgan fingerprint density at radius 3 is 2.73 bits per heavy atom. The second-order valence-corrected chi connectivity index (χ2v) is 6.97. The number of carbonyl (C=O) groups is 1. The molecule has 114 valence electrons. The first-order chi connectivity index (χ1) is 10.6. The molecule has 1 heterocycles. The highest BCUT2D eigenvalue weighted by Gasteiger charge is 2.27. The first-order valence-electron chi connectivity index (χ1n) is 6.97. The number of thiophene rings is 1. The highest BCUT2D eigenvalue weighted by molar-refractivity contribution is 7.98. The van der Waals surface area contributed by atoms with Gasteiger partial charge in [0.2, 0.25) is 0 Å². The summed E-state index contributed by atoms with van der Waals surface area (Å²) in [7, 11) is 0. The smallest absolute Gasteiger partial charge is 0.263 e. The maximum Gasteiger partial charge on any atom is 0.263 e. The van der Waals surface area contributed by atoms with E-state index in [-0.39, 0.29) is 5.91 Å². The molecular weight excluding hydrogens is 312 g/mol. The fraction of sp³-hybridized carbons (Fsp3) is 0.294. The van der Waals surface area contributed by atoms with E-state index in [4.69, 9.17) is 0 Å². The third-order valence-corrected chi connectivity index (χ3v) is 5.27. The molecule has 0 aliphatic heterocycles. The molecule has 2 rings (SSSR count). The monoisotopic (exact) mass is 330 g/mol. The topological polar surface area (TPSA) is 52.9 Å². The van der Waals surface area contributed by atoms with Gasteiger partial charge >= 0.3 is 0 Å². The van der Waals surface area contributed by atoms with E-state index in [0.29, 0.717) is 11.3 Å². The van der Waals surface area contributed by atoms with Gasteiger partial charge in [0.25, 0.3) is 5.91 Å². The van der Waals surface area contributed by atoms with Crippen molar-refractivity contribution in [3.8, 4) is 6.07 Å². The van der Waals surface area contributed by atoms with E-state index < -0.39 is 5.54 Å². The quantitative estimate of drug-likeness (QED) is 0.811. The predicted molar refractivity (Wildman–Crippen MR) is 92.3 cm³/mol. The van der Waals surface area contributed by atoms with Gasteiger partial charge in [0, 0.05) is 4.90 Å². The number of aryl methyl sites for hydroxylation is 1. The summed E-state index contributed by atoms with van der Waals surface area (Å²) < 4.78 is 0. The highest BCUT2D eigenvalue weighted by atomic mass is 32.2. The summed E-state index contributed by atoms with van der Waals surface area (Å²) in [6.07, 6.45) is 3.28. The Morgan fingerprint density at radius 2 is 2.09 bits per heavy atom. The minimum Gasteiger partial charge on any atom is -0.333 e. The molecular formula is C17H18N2OS2. The van der Waals surface area contributed by atoms with Crippen LogP contribution in [0.15, 0.2) is 46.7 Å². The molecule has 1 atom stereocenters. The fourth-order valence-corrected chi connectivity index (χ4v) is 3.76. The zero-order valence-electron chi connectivity index (χ0n) is 12.6. The zero-order valence-corrected chi connectivity index (χ0v) is 14.3. The van der Waals surface area contributed by atoms with Gasteiger partial charge in [-0.15, -0.1) is 23.1 Å². The summed E-state index contributed by atoms with van der Waals surface area (Å²) in [5, 5.41) is 14.3. The molecule has 0 aliphatic carbocycles. The van der Waals surface area contributed by atoms with E-state index in [9.17, 15) is 10.1 Å². The van der Waals surface area contributed by atoms with E-state index in [1.165, 1.54) is 16.9 Å². The summed E-state index contributed by atoms with van der Waals surface area (Å²) in [5.74, 6) is -0.170. The van der Waals surface area contributed by atoms with E-state index in [2.05, 4.69) is 11.4 Å². The second kappa shape index (κ2) is 7.48. The second-order valence-electron chi connectivity index (χ2n) is 5.20. The Kier molecular flexibility index (Phi) is 5.64. The number of nitrogens with one attached hydrogen (secondary N) is 1. The van der Waals surface area contributed by atoms with Gasteiger partial charge < -0.3 is 5.32 Å². The van der Waals surface area contributed by atoms with Crippen LogP contribution in [0.25, 0.3) is 0 Å². The third kappa shape index (κ3) is 4.12. The minimum atomic E-state index is -0.868. The first kappa shape index (κ1) is 16.6. The van der Waals surface area contributed by atoms with Crippen LogP contribution < -0.4 is 5.32 Å². The van der Waals surface area contributed by atoms with E-state index in [1.54, 1.807) is 18.7 Å². The van der Waals surface area contributed by atoms with Gasteiger partial charge in [0.1, 0.15) is 10.4 Å². The summed E-state index contributed by atoms with van der Waals surface area (Å²) >= 11 is 2.95. The van der Waals surface area contributed by atoms with Crippen molar-refractivity contribution in [1.29, 1.82) is 5.26 Å². The lowest BCUT2D eigenvalue weighted by Gasteiger charge is -2.23. The van der Waals surface area contributed by atoms with Crippen molar-refractivity contribution >= 4 is 29.0 Å². The zero-order chi connectivity index (χ0) is 16.0. The molecule has 0 saturated carbocycles. The Balaban J connectivity index is 2.04. The molecule has 5 heteroatoms. The minimum absolute atomic E-state index is 0.170. The Labute approximate surface area is 139 Å². The molecule has 0 spiro atoms. The maximum absolute atomic E-state index is 12.4. The van der Waals surface area contributed by atoms with Gasteiger partial charge in [-0.1, -0.05) is 30.3 Å². The van der Waals surface area contributed by atoms with Crippen molar-refractivity contribution in [3.63, 3.8) is 0 Å². The molecule has 0 aliphatic rings. The molecule has 22 heavy (non-hydrogen) atoms. The van der Waals surface area contributed by atoms with Crippen LogP contribution in [0.1, 0.15) is 28.6 Å². The molecule has 1 aromatic heterocycles. The molecule has 1 N–H and O–H groups in total. The number of rotatable bonds is 6. The van der Waals surface area contributed by atoms with Crippen LogP contribution in [0.3, 0.4) is 0 Å². The number of thioether (sulfide) groups is 1. The van der Waals surface area contributed by atoms with E-state index in [1.807, 2.05) is 48.0 Å². The van der Waals surface area contributed by atoms with Gasteiger partial charge in [-0.05, 0) is 43.0 Å². The summed E-state index contributed by atoms with van der Waals surface area (Å²) in [5.41, 5.74) is 0.297. The fourth-order valence-electron chi connectivity index (χ4n) is 2.12. The average Bonchev–Trinajstić information content (AvgIpc) is 3.03. The van der Waals surface area contributed by atoms with Crippen LogP contribution in [0, 0.1) is 11.3 Å². The van der Waals surface area contributed by atoms with Gasteiger partial charge in [0.05, 0.1) is 6.07 Å².